The van der Waals surface area contributed by atoms with Gasteiger partial charge in [-0.05, 0) is 31.2 Å². The first-order valence-corrected chi connectivity index (χ1v) is 9.14. The first-order valence-electron chi connectivity index (χ1n) is 8.32. The quantitative estimate of drug-likeness (QED) is 0.600. The molecule has 8 heteroatoms. The van der Waals surface area contributed by atoms with Crippen molar-refractivity contribution in [2.24, 2.45) is 4.99 Å². The highest BCUT2D eigenvalue weighted by atomic mass is 32.1. The number of hydrogen-bond acceptors (Lipinski definition) is 4. The van der Waals surface area contributed by atoms with Crippen molar-refractivity contribution in [1.29, 1.82) is 0 Å². The van der Waals surface area contributed by atoms with Gasteiger partial charge in [-0.2, -0.15) is 4.99 Å². The highest BCUT2D eigenvalue weighted by Gasteiger charge is 2.14. The number of fused-ring (bicyclic) bond motifs is 1. The summed E-state index contributed by atoms with van der Waals surface area (Å²) in [7, 11) is 1.51. The van der Waals surface area contributed by atoms with Gasteiger partial charge in [0, 0.05) is 24.8 Å². The summed E-state index contributed by atoms with van der Waals surface area (Å²) >= 11 is 1.05. The number of ether oxygens (including phenoxy) is 2. The zero-order valence-electron chi connectivity index (χ0n) is 14.9. The van der Waals surface area contributed by atoms with Crippen molar-refractivity contribution in [2.45, 2.75) is 13.5 Å². The molecule has 0 atom stereocenters. The minimum absolute atomic E-state index is 0.207. The third kappa shape index (κ3) is 4.23. The number of methoxy groups -OCH3 is 1. The monoisotopic (exact) mass is 392 g/mol. The van der Waals surface area contributed by atoms with Crippen LogP contribution in [0.2, 0.25) is 0 Å². The van der Waals surface area contributed by atoms with Crippen LogP contribution in [-0.2, 0) is 11.3 Å². The topological polar surface area (TPSA) is 52.8 Å². The SMILES string of the molecule is CCOCCn1c(=NC(=O)c2cccc(OC)c2)sc2cc(F)cc(F)c21. The van der Waals surface area contributed by atoms with Crippen molar-refractivity contribution < 1.29 is 23.0 Å². The number of carbonyl (C=O) groups is 1. The molecule has 3 rings (SSSR count). The first kappa shape index (κ1) is 19.2. The van der Waals surface area contributed by atoms with Crippen LogP contribution < -0.4 is 9.54 Å². The predicted molar refractivity (Wildman–Crippen MR) is 99.1 cm³/mol. The summed E-state index contributed by atoms with van der Waals surface area (Å²) < 4.78 is 40.3. The van der Waals surface area contributed by atoms with Crippen LogP contribution in [0.5, 0.6) is 5.75 Å². The normalized spacial score (nSPS) is 11.9. The number of halogens is 2. The van der Waals surface area contributed by atoms with E-state index < -0.39 is 17.5 Å². The zero-order chi connectivity index (χ0) is 19.4. The Morgan fingerprint density at radius 3 is 2.81 bits per heavy atom. The summed E-state index contributed by atoms with van der Waals surface area (Å²) in [5, 5.41) is 0. The molecule has 0 bridgehead atoms. The molecule has 0 saturated carbocycles. The number of hydrogen-bond donors (Lipinski definition) is 0. The number of aromatic nitrogens is 1. The Morgan fingerprint density at radius 2 is 2.07 bits per heavy atom. The summed E-state index contributed by atoms with van der Waals surface area (Å²) in [4.78, 5) is 17.0. The lowest BCUT2D eigenvalue weighted by molar-refractivity contribution is 0.0996. The Morgan fingerprint density at radius 1 is 1.26 bits per heavy atom. The van der Waals surface area contributed by atoms with Gasteiger partial charge in [0.1, 0.15) is 11.6 Å². The second-order valence-corrected chi connectivity index (χ2v) is 6.63. The predicted octanol–water partition coefficient (Wildman–Crippen LogP) is 3.77. The molecule has 1 amide bonds. The van der Waals surface area contributed by atoms with Crippen LogP contribution in [0.3, 0.4) is 0 Å². The molecule has 1 aromatic heterocycles. The van der Waals surface area contributed by atoms with Crippen molar-refractivity contribution in [3.63, 3.8) is 0 Å². The number of rotatable bonds is 6. The van der Waals surface area contributed by atoms with Gasteiger partial charge in [-0.25, -0.2) is 8.78 Å². The Labute approximate surface area is 158 Å². The van der Waals surface area contributed by atoms with Crippen LogP contribution in [0.4, 0.5) is 8.78 Å². The summed E-state index contributed by atoms with van der Waals surface area (Å²) in [6.07, 6.45) is 0. The van der Waals surface area contributed by atoms with Crippen LogP contribution in [0.25, 0.3) is 10.2 Å². The maximum absolute atomic E-state index is 14.4. The van der Waals surface area contributed by atoms with E-state index in [1.807, 2.05) is 6.92 Å². The van der Waals surface area contributed by atoms with Crippen LogP contribution in [0.1, 0.15) is 17.3 Å². The first-order chi connectivity index (χ1) is 13.0. The molecule has 0 unspecified atom stereocenters. The zero-order valence-corrected chi connectivity index (χ0v) is 15.7. The van der Waals surface area contributed by atoms with Crippen LogP contribution in [0.15, 0.2) is 41.4 Å². The van der Waals surface area contributed by atoms with Gasteiger partial charge < -0.3 is 14.0 Å². The Hall–Kier alpha value is -2.58. The van der Waals surface area contributed by atoms with Crippen molar-refractivity contribution in [1.82, 2.24) is 4.57 Å². The van der Waals surface area contributed by atoms with E-state index in [9.17, 15) is 13.6 Å². The summed E-state index contributed by atoms with van der Waals surface area (Å²) in [5.41, 5.74) is 0.549. The van der Waals surface area contributed by atoms with Crippen LogP contribution >= 0.6 is 11.3 Å². The van der Waals surface area contributed by atoms with Gasteiger partial charge in [0.2, 0.25) is 0 Å². The Bertz CT molecular complexity index is 1040. The molecule has 0 N–H and O–H groups in total. The lowest BCUT2D eigenvalue weighted by Crippen LogP contribution is -2.20. The van der Waals surface area contributed by atoms with Gasteiger partial charge in [-0.1, -0.05) is 17.4 Å². The Kier molecular flexibility index (Phi) is 5.98. The van der Waals surface area contributed by atoms with E-state index in [2.05, 4.69) is 4.99 Å². The van der Waals surface area contributed by atoms with E-state index in [1.54, 1.807) is 28.8 Å². The second kappa shape index (κ2) is 8.41. The fraction of sp³-hybridized carbons (Fsp3) is 0.263. The molecule has 0 aliphatic carbocycles. The average molecular weight is 392 g/mol. The van der Waals surface area contributed by atoms with E-state index in [1.165, 1.54) is 13.2 Å². The van der Waals surface area contributed by atoms with Crippen molar-refractivity contribution in [2.75, 3.05) is 20.3 Å². The van der Waals surface area contributed by atoms with E-state index in [0.29, 0.717) is 35.8 Å². The Balaban J connectivity index is 2.10. The molecule has 0 aliphatic heterocycles. The molecule has 3 aromatic rings. The smallest absolute Gasteiger partial charge is 0.279 e. The number of carbonyl (C=O) groups excluding carboxylic acids is 1. The van der Waals surface area contributed by atoms with E-state index in [4.69, 9.17) is 9.47 Å². The lowest BCUT2D eigenvalue weighted by Gasteiger charge is -2.06. The van der Waals surface area contributed by atoms with Gasteiger partial charge >= 0.3 is 0 Å². The molecule has 0 aliphatic rings. The maximum Gasteiger partial charge on any atom is 0.279 e. The molecule has 0 saturated heterocycles. The molecular weight excluding hydrogens is 374 g/mol. The summed E-state index contributed by atoms with van der Waals surface area (Å²) in [6, 6.07) is 8.65. The average Bonchev–Trinajstić information content (AvgIpc) is 2.99. The van der Waals surface area contributed by atoms with Crippen molar-refractivity contribution in [3.8, 4) is 5.75 Å². The second-order valence-electron chi connectivity index (χ2n) is 5.62. The fourth-order valence-electron chi connectivity index (χ4n) is 2.63. The number of benzene rings is 2. The molecule has 0 fully saturated rings. The molecule has 2 aromatic carbocycles. The van der Waals surface area contributed by atoms with Gasteiger partial charge in [-0.3, -0.25) is 4.79 Å². The lowest BCUT2D eigenvalue weighted by atomic mass is 10.2. The molecule has 5 nitrogen and oxygen atoms in total. The molecule has 142 valence electrons. The third-order valence-electron chi connectivity index (χ3n) is 3.87. The number of amides is 1. The van der Waals surface area contributed by atoms with Crippen molar-refractivity contribution >= 4 is 27.5 Å². The van der Waals surface area contributed by atoms with Gasteiger partial charge in [0.15, 0.2) is 10.6 Å². The summed E-state index contributed by atoms with van der Waals surface area (Å²) in [6.45, 7) is 2.97. The minimum atomic E-state index is -0.701. The van der Waals surface area contributed by atoms with Crippen molar-refractivity contribution in [3.05, 3.63) is 58.4 Å². The standard InChI is InChI=1S/C19H18F2N2O3S/c1-3-26-8-7-23-17-15(21)10-13(20)11-16(17)27-19(23)22-18(24)12-5-4-6-14(9-12)25-2/h4-6,9-11H,3,7-8H2,1-2H3. The fourth-order valence-corrected chi connectivity index (χ4v) is 3.72. The van der Waals surface area contributed by atoms with E-state index in [-0.39, 0.29) is 10.3 Å². The summed E-state index contributed by atoms with van der Waals surface area (Å²) in [5.74, 6) is -1.34. The van der Waals surface area contributed by atoms with Gasteiger partial charge in [0.05, 0.1) is 23.9 Å². The molecule has 0 spiro atoms. The molecule has 0 radical (unpaired) electrons. The number of nitrogens with zero attached hydrogens (tertiary/aromatic N) is 2. The highest BCUT2D eigenvalue weighted by Crippen LogP contribution is 2.22. The van der Waals surface area contributed by atoms with E-state index in [0.717, 1.165) is 17.4 Å². The third-order valence-corrected chi connectivity index (χ3v) is 4.90. The van der Waals surface area contributed by atoms with Gasteiger partial charge in [0.25, 0.3) is 5.91 Å². The van der Waals surface area contributed by atoms with Crippen LogP contribution in [-0.4, -0.2) is 30.8 Å². The van der Waals surface area contributed by atoms with Crippen LogP contribution in [0, 0.1) is 11.6 Å². The highest BCUT2D eigenvalue weighted by molar-refractivity contribution is 7.16. The van der Waals surface area contributed by atoms with Gasteiger partial charge in [-0.15, -0.1) is 0 Å². The maximum atomic E-state index is 14.4. The molecule has 27 heavy (non-hydrogen) atoms. The number of thiazole rings is 1. The van der Waals surface area contributed by atoms with E-state index >= 15 is 0 Å². The largest absolute Gasteiger partial charge is 0.497 e. The molecule has 1 heterocycles. The molecular formula is C19H18F2N2O3S. The minimum Gasteiger partial charge on any atom is -0.497 e.